The fourth-order valence-corrected chi connectivity index (χ4v) is 4.24. The molecular weight excluding hydrogens is 382 g/mol. The molecule has 29 heavy (non-hydrogen) atoms. The van der Waals surface area contributed by atoms with Crippen LogP contribution in [0.25, 0.3) is 16.5 Å². The third-order valence-electron chi connectivity index (χ3n) is 5.04. The predicted octanol–water partition coefficient (Wildman–Crippen LogP) is 5.35. The van der Waals surface area contributed by atoms with E-state index in [1.54, 1.807) is 0 Å². The van der Waals surface area contributed by atoms with Gasteiger partial charge in [-0.1, -0.05) is 36.4 Å². The summed E-state index contributed by atoms with van der Waals surface area (Å²) in [5.41, 5.74) is 5.74. The molecule has 5 heteroatoms. The maximum absolute atomic E-state index is 10.7. The Bertz CT molecular complexity index is 1060. The average Bonchev–Trinajstić information content (AvgIpc) is 2.75. The molecule has 2 aromatic carbocycles. The van der Waals surface area contributed by atoms with Gasteiger partial charge in [0.1, 0.15) is 12.4 Å². The van der Waals surface area contributed by atoms with Crippen molar-refractivity contribution < 1.29 is 14.6 Å². The van der Waals surface area contributed by atoms with Gasteiger partial charge >= 0.3 is 5.97 Å². The standard InChI is InChI=1S/C24H23NO3S/c26-24(27)16-29-13-12-18-6-3-5-17-9-11-21(14-22(17)18)28-15-20-10-8-19-4-1-2-7-23(19)25-20/h1-2,4,7-12,14H,3,5-6,13,15-16H2,(H,26,27)/b18-12+. The molecule has 3 aromatic rings. The van der Waals surface area contributed by atoms with Gasteiger partial charge in [0.05, 0.1) is 17.0 Å². The molecule has 0 saturated carbocycles. The number of ether oxygens (including phenoxy) is 1. The van der Waals surface area contributed by atoms with Crippen molar-refractivity contribution in [3.8, 4) is 5.75 Å². The highest BCUT2D eigenvalue weighted by Gasteiger charge is 2.15. The van der Waals surface area contributed by atoms with Crippen LogP contribution in [0.2, 0.25) is 0 Å². The van der Waals surface area contributed by atoms with Gasteiger partial charge in [0.15, 0.2) is 0 Å². The molecule has 0 spiro atoms. The van der Waals surface area contributed by atoms with Crippen LogP contribution in [-0.2, 0) is 17.8 Å². The lowest BCUT2D eigenvalue weighted by Crippen LogP contribution is -2.04. The van der Waals surface area contributed by atoms with E-state index in [0.717, 1.165) is 41.6 Å². The molecule has 4 rings (SSSR count). The molecule has 0 aliphatic heterocycles. The van der Waals surface area contributed by atoms with Gasteiger partial charge in [-0.15, -0.1) is 11.8 Å². The molecule has 0 unspecified atom stereocenters. The first-order chi connectivity index (χ1) is 14.2. The zero-order chi connectivity index (χ0) is 20.1. The Hall–Kier alpha value is -2.79. The number of hydrogen-bond donors (Lipinski definition) is 1. The van der Waals surface area contributed by atoms with E-state index in [0.29, 0.717) is 12.4 Å². The smallest absolute Gasteiger partial charge is 0.313 e. The number of hydrogen-bond acceptors (Lipinski definition) is 4. The second kappa shape index (κ2) is 9.14. The van der Waals surface area contributed by atoms with Crippen molar-refractivity contribution >= 4 is 34.2 Å². The van der Waals surface area contributed by atoms with Gasteiger partial charge in [-0.3, -0.25) is 4.79 Å². The van der Waals surface area contributed by atoms with Crippen molar-refractivity contribution in [2.45, 2.75) is 25.9 Å². The molecule has 0 fully saturated rings. The number of carbonyl (C=O) groups is 1. The van der Waals surface area contributed by atoms with Gasteiger partial charge in [-0.25, -0.2) is 4.98 Å². The molecule has 0 amide bonds. The molecule has 4 nitrogen and oxygen atoms in total. The van der Waals surface area contributed by atoms with Crippen molar-refractivity contribution in [3.05, 3.63) is 77.5 Å². The van der Waals surface area contributed by atoms with Gasteiger partial charge < -0.3 is 9.84 Å². The molecule has 0 bridgehead atoms. The number of thioether (sulfide) groups is 1. The first-order valence-corrected chi connectivity index (χ1v) is 10.9. The number of carboxylic acid groups (broad SMARTS) is 1. The second-order valence-corrected chi connectivity index (χ2v) is 8.12. The average molecular weight is 406 g/mol. The van der Waals surface area contributed by atoms with Crippen molar-refractivity contribution in [2.75, 3.05) is 11.5 Å². The number of allylic oxidation sites excluding steroid dienone is 1. The first kappa shape index (κ1) is 19.5. The Morgan fingerprint density at radius 3 is 2.93 bits per heavy atom. The Morgan fingerprint density at radius 2 is 2.03 bits per heavy atom. The van der Waals surface area contributed by atoms with E-state index in [2.05, 4.69) is 35.3 Å². The van der Waals surface area contributed by atoms with Crippen LogP contribution in [0.5, 0.6) is 5.75 Å². The summed E-state index contributed by atoms with van der Waals surface area (Å²) < 4.78 is 6.04. The molecule has 0 saturated heterocycles. The third kappa shape index (κ3) is 4.98. The van der Waals surface area contributed by atoms with Crippen LogP contribution in [0, 0.1) is 0 Å². The van der Waals surface area contributed by atoms with Crippen molar-refractivity contribution in [1.29, 1.82) is 0 Å². The predicted molar refractivity (Wildman–Crippen MR) is 118 cm³/mol. The Morgan fingerprint density at radius 1 is 1.14 bits per heavy atom. The van der Waals surface area contributed by atoms with E-state index >= 15 is 0 Å². The number of fused-ring (bicyclic) bond motifs is 2. The van der Waals surface area contributed by atoms with Gasteiger partial charge in [0, 0.05) is 11.1 Å². The number of aryl methyl sites for hydroxylation is 1. The summed E-state index contributed by atoms with van der Waals surface area (Å²) >= 11 is 1.43. The van der Waals surface area contributed by atoms with Crippen molar-refractivity contribution in [1.82, 2.24) is 4.98 Å². The fourth-order valence-electron chi connectivity index (χ4n) is 3.63. The monoisotopic (exact) mass is 405 g/mol. The van der Waals surface area contributed by atoms with Crippen LogP contribution in [0.4, 0.5) is 0 Å². The van der Waals surface area contributed by atoms with E-state index in [4.69, 9.17) is 9.84 Å². The number of pyridine rings is 1. The highest BCUT2D eigenvalue weighted by molar-refractivity contribution is 8.00. The van der Waals surface area contributed by atoms with Crippen molar-refractivity contribution in [3.63, 3.8) is 0 Å². The summed E-state index contributed by atoms with van der Waals surface area (Å²) in [4.78, 5) is 15.4. The number of benzene rings is 2. The summed E-state index contributed by atoms with van der Waals surface area (Å²) in [5.74, 6) is 0.922. The third-order valence-corrected chi connectivity index (χ3v) is 5.89. The minimum absolute atomic E-state index is 0.137. The molecule has 148 valence electrons. The topological polar surface area (TPSA) is 59.4 Å². The number of aromatic nitrogens is 1. The highest BCUT2D eigenvalue weighted by Crippen LogP contribution is 2.33. The summed E-state index contributed by atoms with van der Waals surface area (Å²) in [6.07, 6.45) is 5.39. The Labute approximate surface area is 174 Å². The normalized spacial score (nSPS) is 14.7. The zero-order valence-electron chi connectivity index (χ0n) is 16.1. The van der Waals surface area contributed by atoms with E-state index in [1.165, 1.54) is 28.5 Å². The van der Waals surface area contributed by atoms with Gasteiger partial charge in [-0.05, 0) is 60.2 Å². The number of nitrogens with zero attached hydrogens (tertiary/aromatic N) is 1. The maximum atomic E-state index is 10.7. The van der Waals surface area contributed by atoms with Crippen LogP contribution >= 0.6 is 11.8 Å². The van der Waals surface area contributed by atoms with Gasteiger partial charge in [-0.2, -0.15) is 0 Å². The van der Waals surface area contributed by atoms with Crippen molar-refractivity contribution in [2.24, 2.45) is 0 Å². The summed E-state index contributed by atoms with van der Waals surface area (Å²) in [6.45, 7) is 0.428. The number of aliphatic carboxylic acids is 1. The highest BCUT2D eigenvalue weighted by atomic mass is 32.2. The molecule has 1 N–H and O–H groups in total. The maximum Gasteiger partial charge on any atom is 0.313 e. The molecule has 1 aliphatic rings. The van der Waals surface area contributed by atoms with Crippen LogP contribution in [0.1, 0.15) is 29.7 Å². The lowest BCUT2D eigenvalue weighted by Gasteiger charge is -2.20. The zero-order valence-corrected chi connectivity index (χ0v) is 17.0. The SMILES string of the molecule is O=C(O)CSC/C=C1\CCCc2ccc(OCc3ccc4ccccc4n3)cc21. The molecule has 0 atom stereocenters. The lowest BCUT2D eigenvalue weighted by atomic mass is 9.87. The lowest BCUT2D eigenvalue weighted by molar-refractivity contribution is -0.133. The molecule has 1 heterocycles. The first-order valence-electron chi connectivity index (χ1n) is 9.78. The van der Waals surface area contributed by atoms with Crippen LogP contribution < -0.4 is 4.74 Å². The largest absolute Gasteiger partial charge is 0.487 e. The van der Waals surface area contributed by atoms with Gasteiger partial charge in [0.25, 0.3) is 0 Å². The summed E-state index contributed by atoms with van der Waals surface area (Å²) in [5, 5.41) is 9.92. The Kier molecular flexibility index (Phi) is 6.15. The molecule has 1 aromatic heterocycles. The number of carboxylic acids is 1. The molecule has 0 radical (unpaired) electrons. The number of para-hydroxylation sites is 1. The van der Waals surface area contributed by atoms with Crippen LogP contribution in [0.3, 0.4) is 0 Å². The van der Waals surface area contributed by atoms with E-state index in [9.17, 15) is 4.79 Å². The van der Waals surface area contributed by atoms with E-state index in [-0.39, 0.29) is 5.75 Å². The Balaban J connectivity index is 1.46. The minimum atomic E-state index is -0.768. The summed E-state index contributed by atoms with van der Waals surface area (Å²) in [6, 6.07) is 18.4. The molecule has 1 aliphatic carbocycles. The quantitative estimate of drug-likeness (QED) is 0.537. The molecular formula is C24H23NO3S. The number of rotatable bonds is 7. The van der Waals surface area contributed by atoms with E-state index < -0.39 is 5.97 Å². The second-order valence-electron chi connectivity index (χ2n) is 7.09. The fraction of sp³-hybridized carbons (Fsp3) is 0.250. The van der Waals surface area contributed by atoms with Crippen LogP contribution in [0.15, 0.2) is 60.7 Å². The summed E-state index contributed by atoms with van der Waals surface area (Å²) in [7, 11) is 0. The van der Waals surface area contributed by atoms with Gasteiger partial charge in [0.2, 0.25) is 0 Å². The van der Waals surface area contributed by atoms with Crippen LogP contribution in [-0.4, -0.2) is 27.6 Å². The van der Waals surface area contributed by atoms with E-state index in [1.807, 2.05) is 30.3 Å². The minimum Gasteiger partial charge on any atom is -0.487 e.